The molecule has 0 aromatic rings. The molecule has 0 aromatic heterocycles. The molecule has 0 saturated heterocycles. The van der Waals surface area contributed by atoms with Gasteiger partial charge in [-0.25, -0.2) is 0 Å². The topological polar surface area (TPSA) is 43.4 Å². The maximum Gasteiger partial charge on any atom is 0.310 e. The quantitative estimate of drug-likeness (QED) is 0.402. The van der Waals surface area contributed by atoms with Crippen LogP contribution in [0.1, 0.15) is 20.3 Å². The predicted molar refractivity (Wildman–Crippen MR) is 55.0 cm³/mol. The van der Waals surface area contributed by atoms with E-state index in [0.717, 1.165) is 12.7 Å². The monoisotopic (exact) mass is 208 g/mol. The number of hydrogen-bond donors (Lipinski definition) is 0. The van der Waals surface area contributed by atoms with Crippen LogP contribution in [0.15, 0.2) is 11.6 Å². The number of hydrogen-bond acceptors (Lipinski definition) is 3. The molecule has 1 saturated carbocycles. The lowest BCUT2D eigenvalue weighted by atomic mass is 9.81. The average Bonchev–Trinajstić information content (AvgIpc) is 2.73. The van der Waals surface area contributed by atoms with E-state index in [4.69, 9.17) is 4.74 Å². The molecule has 0 aromatic carbocycles. The van der Waals surface area contributed by atoms with Crippen molar-refractivity contribution in [3.63, 3.8) is 0 Å². The van der Waals surface area contributed by atoms with Crippen molar-refractivity contribution in [3.05, 3.63) is 11.6 Å². The van der Waals surface area contributed by atoms with Crippen LogP contribution in [-0.2, 0) is 14.3 Å². The molecular formula is C12H16O3. The molecule has 82 valence electrons. The number of fused-ring (bicyclic) bond motifs is 2. The summed E-state index contributed by atoms with van der Waals surface area (Å²) in [6.45, 7) is 4.23. The molecule has 0 heterocycles. The summed E-state index contributed by atoms with van der Waals surface area (Å²) in [5.74, 6) is -0.0767. The number of rotatable bonds is 3. The number of ether oxygens (including phenoxy) is 1. The van der Waals surface area contributed by atoms with E-state index in [2.05, 4.69) is 6.08 Å². The first-order chi connectivity index (χ1) is 7.19. The molecule has 3 nitrogen and oxygen atoms in total. The van der Waals surface area contributed by atoms with Gasteiger partial charge in [0.1, 0.15) is 6.29 Å². The minimum Gasteiger partial charge on any atom is -0.466 e. The minimum absolute atomic E-state index is 0.154. The highest BCUT2D eigenvalue weighted by Crippen LogP contribution is 2.50. The van der Waals surface area contributed by atoms with Gasteiger partial charge in [0.15, 0.2) is 0 Å². The fraction of sp³-hybridized carbons (Fsp3) is 0.667. The molecule has 0 spiro atoms. The molecule has 4 atom stereocenters. The molecule has 4 unspecified atom stereocenters. The molecule has 0 radical (unpaired) electrons. The molecule has 2 aliphatic rings. The first-order valence-electron chi connectivity index (χ1n) is 5.49. The van der Waals surface area contributed by atoms with Gasteiger partial charge in [0.25, 0.3) is 0 Å². The Morgan fingerprint density at radius 1 is 1.67 bits per heavy atom. The molecule has 2 aliphatic carbocycles. The van der Waals surface area contributed by atoms with E-state index in [1.54, 1.807) is 6.92 Å². The molecule has 3 heteroatoms. The summed E-state index contributed by atoms with van der Waals surface area (Å²) in [6.07, 6.45) is 4.01. The van der Waals surface area contributed by atoms with Crippen LogP contribution in [-0.4, -0.2) is 18.9 Å². The lowest BCUT2D eigenvalue weighted by Crippen LogP contribution is -2.31. The number of aldehydes is 1. The van der Waals surface area contributed by atoms with Crippen LogP contribution >= 0.6 is 0 Å². The van der Waals surface area contributed by atoms with Crippen LogP contribution in [0, 0.1) is 23.7 Å². The van der Waals surface area contributed by atoms with Crippen molar-refractivity contribution in [1.29, 1.82) is 0 Å². The number of allylic oxidation sites excluding steroid dienone is 2. The number of carbonyl (C=O) groups excluding carboxylic acids is 2. The van der Waals surface area contributed by atoms with Crippen molar-refractivity contribution in [2.75, 3.05) is 6.61 Å². The molecule has 0 amide bonds. The van der Waals surface area contributed by atoms with E-state index in [0.29, 0.717) is 6.61 Å². The van der Waals surface area contributed by atoms with Gasteiger partial charge in [0.2, 0.25) is 0 Å². The van der Waals surface area contributed by atoms with Crippen LogP contribution in [0.25, 0.3) is 0 Å². The molecular weight excluding hydrogens is 192 g/mol. The fourth-order valence-corrected chi connectivity index (χ4v) is 3.01. The highest BCUT2D eigenvalue weighted by atomic mass is 16.5. The third-order valence-corrected chi connectivity index (χ3v) is 3.64. The Balaban J connectivity index is 2.19. The zero-order valence-electron chi connectivity index (χ0n) is 9.10. The van der Waals surface area contributed by atoms with Crippen molar-refractivity contribution in [1.82, 2.24) is 0 Å². The number of carbonyl (C=O) groups is 2. The maximum atomic E-state index is 11.7. The van der Waals surface area contributed by atoms with Crippen molar-refractivity contribution in [3.8, 4) is 0 Å². The zero-order chi connectivity index (χ0) is 11.0. The van der Waals surface area contributed by atoms with Gasteiger partial charge in [-0.2, -0.15) is 0 Å². The SMILES string of the molecule is CCOC(=O)C1C2C=C(C)C(C2)C1C=O. The van der Waals surface area contributed by atoms with Crippen molar-refractivity contribution in [2.45, 2.75) is 20.3 Å². The van der Waals surface area contributed by atoms with Gasteiger partial charge in [-0.15, -0.1) is 0 Å². The molecule has 1 fully saturated rings. The Hall–Kier alpha value is -1.12. The summed E-state index contributed by atoms with van der Waals surface area (Å²) >= 11 is 0. The van der Waals surface area contributed by atoms with E-state index >= 15 is 0 Å². The first kappa shape index (κ1) is 10.4. The van der Waals surface area contributed by atoms with Crippen LogP contribution in [0.5, 0.6) is 0 Å². The highest BCUT2D eigenvalue weighted by Gasteiger charge is 2.50. The molecule has 0 aliphatic heterocycles. The largest absolute Gasteiger partial charge is 0.466 e. The molecule has 2 rings (SSSR count). The van der Waals surface area contributed by atoms with Crippen LogP contribution in [0.3, 0.4) is 0 Å². The summed E-state index contributed by atoms with van der Waals surface area (Å²) in [7, 11) is 0. The number of esters is 1. The zero-order valence-corrected chi connectivity index (χ0v) is 9.10. The third-order valence-electron chi connectivity index (χ3n) is 3.64. The minimum atomic E-state index is -0.226. The second kappa shape index (κ2) is 3.80. The second-order valence-corrected chi connectivity index (χ2v) is 4.41. The summed E-state index contributed by atoms with van der Waals surface area (Å²) in [4.78, 5) is 22.7. The smallest absolute Gasteiger partial charge is 0.310 e. The van der Waals surface area contributed by atoms with E-state index in [1.807, 2.05) is 6.92 Å². The lowest BCUT2D eigenvalue weighted by molar-refractivity contribution is -0.151. The van der Waals surface area contributed by atoms with E-state index in [-0.39, 0.29) is 29.6 Å². The van der Waals surface area contributed by atoms with Crippen molar-refractivity contribution < 1.29 is 14.3 Å². The Labute approximate surface area is 89.5 Å². The van der Waals surface area contributed by atoms with Gasteiger partial charge in [0.05, 0.1) is 12.5 Å². The van der Waals surface area contributed by atoms with E-state index < -0.39 is 0 Å². The highest BCUT2D eigenvalue weighted by molar-refractivity contribution is 5.79. The van der Waals surface area contributed by atoms with Crippen LogP contribution in [0.2, 0.25) is 0 Å². The first-order valence-corrected chi connectivity index (χ1v) is 5.49. The van der Waals surface area contributed by atoms with Gasteiger partial charge >= 0.3 is 5.97 Å². The lowest BCUT2D eigenvalue weighted by Gasteiger charge is -2.24. The fourth-order valence-electron chi connectivity index (χ4n) is 3.01. The van der Waals surface area contributed by atoms with Crippen LogP contribution in [0.4, 0.5) is 0 Å². The van der Waals surface area contributed by atoms with Gasteiger partial charge in [-0.1, -0.05) is 11.6 Å². The molecule has 2 bridgehead atoms. The average molecular weight is 208 g/mol. The molecule has 15 heavy (non-hydrogen) atoms. The van der Waals surface area contributed by atoms with Gasteiger partial charge in [0, 0.05) is 5.92 Å². The van der Waals surface area contributed by atoms with Gasteiger partial charge in [-0.3, -0.25) is 4.79 Å². The summed E-state index contributed by atoms with van der Waals surface area (Å²) in [5.41, 5.74) is 1.26. The second-order valence-electron chi connectivity index (χ2n) is 4.41. The van der Waals surface area contributed by atoms with E-state index in [1.165, 1.54) is 5.57 Å². The Morgan fingerprint density at radius 3 is 3.00 bits per heavy atom. The summed E-state index contributed by atoms with van der Waals surface area (Å²) in [6, 6.07) is 0. The van der Waals surface area contributed by atoms with E-state index in [9.17, 15) is 9.59 Å². The summed E-state index contributed by atoms with van der Waals surface area (Å²) in [5, 5.41) is 0. The van der Waals surface area contributed by atoms with Crippen molar-refractivity contribution >= 4 is 12.3 Å². The Morgan fingerprint density at radius 2 is 2.40 bits per heavy atom. The van der Waals surface area contributed by atoms with Crippen LogP contribution < -0.4 is 0 Å². The Bertz CT molecular complexity index is 319. The predicted octanol–water partition coefficient (Wildman–Crippen LogP) is 1.58. The normalized spacial score (nSPS) is 37.6. The van der Waals surface area contributed by atoms with Gasteiger partial charge in [-0.05, 0) is 32.1 Å². The third kappa shape index (κ3) is 1.50. The Kier molecular flexibility index (Phi) is 2.63. The molecule has 0 N–H and O–H groups in total. The standard InChI is InChI=1S/C12H16O3/c1-3-15-12(14)11-8-4-7(2)9(5-8)10(11)6-13/h4,6,8-11H,3,5H2,1-2H3. The van der Waals surface area contributed by atoms with Gasteiger partial charge < -0.3 is 9.53 Å². The maximum absolute atomic E-state index is 11.7. The van der Waals surface area contributed by atoms with Crippen molar-refractivity contribution in [2.24, 2.45) is 23.7 Å². The summed E-state index contributed by atoms with van der Waals surface area (Å²) < 4.78 is 5.02.